The third-order valence-corrected chi connectivity index (χ3v) is 4.38. The molecule has 0 aromatic carbocycles. The molecule has 0 radical (unpaired) electrons. The number of carbonyl (C=O) groups is 7. The number of thiol groups is 1. The average Bonchev–Trinajstić information content (AvgIpc) is 2.67. The third-order valence-electron chi connectivity index (χ3n) is 4.16. The van der Waals surface area contributed by atoms with Crippen molar-refractivity contribution in [2.45, 2.75) is 43.8 Å². The number of carbonyl (C=O) groups excluding carboxylic acids is 3. The van der Waals surface area contributed by atoms with E-state index in [-0.39, 0.29) is 12.2 Å². The van der Waals surface area contributed by atoms with Crippen LogP contribution < -0.4 is 21.7 Å². The largest absolute Gasteiger partial charge is 0.481 e. The van der Waals surface area contributed by atoms with Gasteiger partial charge in [0.05, 0.1) is 31.2 Å². The van der Waals surface area contributed by atoms with Crippen LogP contribution in [0.1, 0.15) is 25.7 Å². The van der Waals surface area contributed by atoms with Crippen LogP contribution in [0, 0.1) is 5.92 Å². The summed E-state index contributed by atoms with van der Waals surface area (Å²) in [5.74, 6) is -10.9. The zero-order valence-electron chi connectivity index (χ0n) is 17.2. The molecule has 3 amide bonds. The molecule has 0 aromatic rings. The molecule has 0 fully saturated rings. The van der Waals surface area contributed by atoms with Crippen molar-refractivity contribution in [3.63, 3.8) is 0 Å². The summed E-state index contributed by atoms with van der Waals surface area (Å²) in [4.78, 5) is 81.7. The van der Waals surface area contributed by atoms with Gasteiger partial charge in [0.1, 0.15) is 12.1 Å². The summed E-state index contributed by atoms with van der Waals surface area (Å²) in [5, 5.41) is 42.4. The molecule has 0 aliphatic carbocycles. The van der Waals surface area contributed by atoms with Crippen molar-refractivity contribution in [3.8, 4) is 0 Å². The highest BCUT2D eigenvalue weighted by molar-refractivity contribution is 7.80. The van der Waals surface area contributed by atoms with E-state index in [9.17, 15) is 33.6 Å². The quantitative estimate of drug-likeness (QED) is 0.0963. The first-order chi connectivity index (χ1) is 15.3. The van der Waals surface area contributed by atoms with E-state index in [1.165, 1.54) is 0 Å². The van der Waals surface area contributed by atoms with Gasteiger partial charge in [0, 0.05) is 13.0 Å². The fraction of sp³-hybridized carbons (Fsp3) is 0.588. The van der Waals surface area contributed by atoms with Gasteiger partial charge in [-0.3, -0.25) is 28.8 Å². The lowest BCUT2D eigenvalue weighted by Gasteiger charge is -2.27. The van der Waals surface area contributed by atoms with Gasteiger partial charge in [-0.15, -0.1) is 0 Å². The minimum absolute atomic E-state index is 0.0775. The molecule has 33 heavy (non-hydrogen) atoms. The first kappa shape index (κ1) is 29.6. The van der Waals surface area contributed by atoms with Crippen LogP contribution >= 0.6 is 12.6 Å². The number of hydrogen-bond acceptors (Lipinski definition) is 9. The van der Waals surface area contributed by atoms with E-state index in [2.05, 4.69) is 17.9 Å². The molecule has 0 spiro atoms. The molecular formula is C17H26N4O11S. The lowest BCUT2D eigenvalue weighted by Crippen LogP contribution is -2.57. The molecule has 0 aromatic heterocycles. The minimum Gasteiger partial charge on any atom is -0.481 e. The standard InChI is InChI=1S/C17H26N4O11S/c18-6-10(17(31)32)21-16(30)9(5-14(27)28)20-15(29)7(3-12(23)24)8(4-13(25)26)19-11(22)1-2-33/h7-10,33H,1-6,18H2,(H,19,22)(H,20,29)(H,21,30)(H,23,24)(H,25,26)(H,27,28)(H,31,32). The molecule has 4 atom stereocenters. The van der Waals surface area contributed by atoms with E-state index < -0.39 is 91.4 Å². The Balaban J connectivity index is 5.86. The molecular weight excluding hydrogens is 468 g/mol. The zero-order chi connectivity index (χ0) is 25.7. The molecule has 9 N–H and O–H groups in total. The van der Waals surface area contributed by atoms with Gasteiger partial charge in [0.2, 0.25) is 17.7 Å². The monoisotopic (exact) mass is 494 g/mol. The number of amides is 3. The highest BCUT2D eigenvalue weighted by atomic mass is 32.1. The Hall–Kier alpha value is -3.40. The van der Waals surface area contributed by atoms with E-state index in [1.54, 1.807) is 0 Å². The maximum atomic E-state index is 12.8. The fourth-order valence-electron chi connectivity index (χ4n) is 2.62. The van der Waals surface area contributed by atoms with E-state index in [0.29, 0.717) is 0 Å². The fourth-order valence-corrected chi connectivity index (χ4v) is 2.83. The second-order valence-corrected chi connectivity index (χ2v) is 7.19. The van der Waals surface area contributed by atoms with E-state index in [4.69, 9.17) is 26.2 Å². The Morgan fingerprint density at radius 2 is 1.24 bits per heavy atom. The van der Waals surface area contributed by atoms with E-state index in [0.717, 1.165) is 0 Å². The number of carboxylic acid groups (broad SMARTS) is 4. The molecule has 0 saturated heterocycles. The Bertz CT molecular complexity index is 776. The third kappa shape index (κ3) is 11.7. The van der Waals surface area contributed by atoms with E-state index >= 15 is 0 Å². The first-order valence-electron chi connectivity index (χ1n) is 9.41. The van der Waals surface area contributed by atoms with Gasteiger partial charge in [-0.1, -0.05) is 0 Å². The molecule has 4 unspecified atom stereocenters. The maximum Gasteiger partial charge on any atom is 0.327 e. The second kappa shape index (κ2) is 14.6. The maximum absolute atomic E-state index is 12.8. The number of rotatable bonds is 16. The normalized spacial score (nSPS) is 14.1. The summed E-state index contributed by atoms with van der Waals surface area (Å²) in [5.41, 5.74) is 5.22. The van der Waals surface area contributed by atoms with Gasteiger partial charge in [-0.05, 0) is 5.75 Å². The highest BCUT2D eigenvalue weighted by Crippen LogP contribution is 2.15. The van der Waals surface area contributed by atoms with Gasteiger partial charge >= 0.3 is 23.9 Å². The number of hydrogen-bond donors (Lipinski definition) is 9. The van der Waals surface area contributed by atoms with Crippen molar-refractivity contribution in [1.29, 1.82) is 0 Å². The molecule has 186 valence electrons. The first-order valence-corrected chi connectivity index (χ1v) is 10.0. The van der Waals surface area contributed by atoms with Crippen molar-refractivity contribution in [3.05, 3.63) is 0 Å². The summed E-state index contributed by atoms with van der Waals surface area (Å²) < 4.78 is 0. The summed E-state index contributed by atoms with van der Waals surface area (Å²) >= 11 is 3.85. The number of nitrogens with one attached hydrogen (secondary N) is 3. The average molecular weight is 494 g/mol. The van der Waals surface area contributed by atoms with Crippen molar-refractivity contribution in [2.75, 3.05) is 12.3 Å². The Labute approximate surface area is 192 Å². The number of nitrogens with two attached hydrogens (primary N) is 1. The van der Waals surface area contributed by atoms with Crippen molar-refractivity contribution >= 4 is 54.2 Å². The van der Waals surface area contributed by atoms with Gasteiger partial charge < -0.3 is 42.1 Å². The lowest BCUT2D eigenvalue weighted by molar-refractivity contribution is -0.146. The van der Waals surface area contributed by atoms with Crippen LogP contribution in [-0.2, 0) is 33.6 Å². The lowest BCUT2D eigenvalue weighted by atomic mass is 9.91. The van der Waals surface area contributed by atoms with Crippen LogP contribution in [0.25, 0.3) is 0 Å². The van der Waals surface area contributed by atoms with E-state index in [1.807, 2.05) is 10.6 Å². The van der Waals surface area contributed by atoms with Crippen LogP contribution in [0.4, 0.5) is 0 Å². The van der Waals surface area contributed by atoms with Crippen LogP contribution in [0.2, 0.25) is 0 Å². The van der Waals surface area contributed by atoms with Crippen LogP contribution in [-0.4, -0.2) is 92.4 Å². The molecule has 0 saturated carbocycles. The second-order valence-electron chi connectivity index (χ2n) is 6.74. The Morgan fingerprint density at radius 3 is 1.67 bits per heavy atom. The summed E-state index contributed by atoms with van der Waals surface area (Å²) in [6.45, 7) is -0.547. The summed E-state index contributed by atoms with van der Waals surface area (Å²) in [6.07, 6.45) is -3.00. The molecule has 0 rings (SSSR count). The zero-order valence-corrected chi connectivity index (χ0v) is 18.1. The summed E-state index contributed by atoms with van der Waals surface area (Å²) in [6, 6.07) is -4.96. The van der Waals surface area contributed by atoms with Gasteiger partial charge in [-0.25, -0.2) is 4.79 Å². The van der Waals surface area contributed by atoms with Gasteiger partial charge in [0.15, 0.2) is 0 Å². The van der Waals surface area contributed by atoms with Gasteiger partial charge in [0.25, 0.3) is 0 Å². The predicted octanol–water partition coefficient (Wildman–Crippen LogP) is -3.16. The van der Waals surface area contributed by atoms with Crippen LogP contribution in [0.15, 0.2) is 0 Å². The molecule has 0 heterocycles. The van der Waals surface area contributed by atoms with Crippen LogP contribution in [0.3, 0.4) is 0 Å². The van der Waals surface area contributed by atoms with Crippen molar-refractivity contribution in [2.24, 2.45) is 11.7 Å². The van der Waals surface area contributed by atoms with Crippen LogP contribution in [0.5, 0.6) is 0 Å². The number of aliphatic carboxylic acids is 4. The topological polar surface area (TPSA) is 263 Å². The Morgan fingerprint density at radius 1 is 0.727 bits per heavy atom. The SMILES string of the molecule is NCC(NC(=O)C(CC(=O)O)NC(=O)C(CC(=O)O)C(CC(=O)O)NC(=O)CCS)C(=O)O. The molecule has 0 bridgehead atoms. The molecule has 16 heteroatoms. The molecule has 0 aliphatic heterocycles. The van der Waals surface area contributed by atoms with Crippen molar-refractivity contribution in [1.82, 2.24) is 16.0 Å². The number of carboxylic acids is 4. The molecule has 15 nitrogen and oxygen atoms in total. The smallest absolute Gasteiger partial charge is 0.327 e. The highest BCUT2D eigenvalue weighted by Gasteiger charge is 2.36. The minimum atomic E-state index is -1.85. The predicted molar refractivity (Wildman–Crippen MR) is 111 cm³/mol. The molecule has 0 aliphatic rings. The summed E-state index contributed by atoms with van der Waals surface area (Å²) in [7, 11) is 0. The van der Waals surface area contributed by atoms with Gasteiger partial charge in [-0.2, -0.15) is 12.6 Å². The van der Waals surface area contributed by atoms with Crippen molar-refractivity contribution < 1.29 is 54.0 Å². The Kier molecular flexibility index (Phi) is 13.1.